The monoisotopic (exact) mass is 600 g/mol. The molecule has 2 radical (unpaired) electrons. The summed E-state index contributed by atoms with van der Waals surface area (Å²) in [5, 5.41) is 0. The van der Waals surface area contributed by atoms with Crippen LogP contribution < -0.4 is 0 Å². The van der Waals surface area contributed by atoms with Crippen LogP contribution in [0.4, 0.5) is 0 Å². The van der Waals surface area contributed by atoms with Crippen LogP contribution in [-0.4, -0.2) is 28.9 Å². The van der Waals surface area contributed by atoms with E-state index in [0.717, 1.165) is 6.54 Å². The normalized spacial score (nSPS) is 28.8. The topological polar surface area (TPSA) is 15.6 Å². The molecule has 0 aliphatic carbocycles. The molecule has 1 aliphatic rings. The summed E-state index contributed by atoms with van der Waals surface area (Å²) in [7, 11) is 2.06. The molecule has 0 saturated heterocycles. The van der Waals surface area contributed by atoms with Crippen molar-refractivity contribution in [1.82, 2.24) is 4.90 Å². The summed E-state index contributed by atoms with van der Waals surface area (Å²) < 4.78 is 0.485. The summed E-state index contributed by atoms with van der Waals surface area (Å²) in [6, 6.07) is 0. The van der Waals surface area contributed by atoms with Crippen molar-refractivity contribution in [1.29, 1.82) is 0 Å². The Morgan fingerprint density at radius 1 is 1.55 bits per heavy atom. The maximum Gasteiger partial charge on any atom is 0.107 e. The molecule has 0 spiro atoms. The Balaban J connectivity index is 0. The fraction of sp³-hybridized carbons (Fsp3) is 0.833. The second-order valence-electron chi connectivity index (χ2n) is 2.55. The summed E-state index contributed by atoms with van der Waals surface area (Å²) in [4.78, 5) is 6.40. The molecular weight excluding hydrogens is 589 g/mol. The molecule has 1 rings (SSSR count). The quantitative estimate of drug-likeness (QED) is 0.233. The van der Waals surface area contributed by atoms with Gasteiger partial charge in [0.15, 0.2) is 0 Å². The van der Waals surface area contributed by atoms with Crippen LogP contribution >= 0.6 is 22.6 Å². The summed E-state index contributed by atoms with van der Waals surface area (Å²) >= 11 is 2.37. The number of rotatable bonds is 0. The molecule has 1 heterocycles. The van der Waals surface area contributed by atoms with Crippen LogP contribution in [0.25, 0.3) is 0 Å². The van der Waals surface area contributed by atoms with Crippen molar-refractivity contribution in [3.05, 3.63) is 0 Å². The van der Waals surface area contributed by atoms with E-state index in [9.17, 15) is 0 Å². The van der Waals surface area contributed by atoms with E-state index in [-0.39, 0.29) is 44.8 Å². The van der Waals surface area contributed by atoms with Crippen molar-refractivity contribution in [2.24, 2.45) is 10.9 Å². The van der Waals surface area contributed by atoms with Crippen LogP contribution in [0.2, 0.25) is 0 Å². The maximum absolute atomic E-state index is 4.28. The number of halogens is 1. The maximum atomic E-state index is 4.28. The Morgan fingerprint density at radius 3 is 2.45 bits per heavy atom. The molecule has 0 aromatic carbocycles. The van der Waals surface area contributed by atoms with Gasteiger partial charge in [-0.25, -0.2) is 0 Å². The molecule has 0 aromatic heterocycles. The van der Waals surface area contributed by atoms with E-state index in [1.165, 1.54) is 0 Å². The molecule has 0 fully saturated rings. The molecule has 0 amide bonds. The minimum absolute atomic E-state index is 0. The van der Waals surface area contributed by atoms with Crippen molar-refractivity contribution < 1.29 is 44.8 Å². The molecule has 0 bridgehead atoms. The minimum Gasteiger partial charge on any atom is -0.366 e. The van der Waals surface area contributed by atoms with Gasteiger partial charge in [-0.2, -0.15) is 0 Å². The first-order chi connectivity index (χ1) is 4.20. The fourth-order valence-corrected chi connectivity index (χ4v) is 1.28. The molecule has 11 heavy (non-hydrogen) atoms. The van der Waals surface area contributed by atoms with Gasteiger partial charge in [0.25, 0.3) is 0 Å². The van der Waals surface area contributed by atoms with E-state index in [1.807, 2.05) is 6.34 Å². The smallest absolute Gasteiger partial charge is 0.107 e. The van der Waals surface area contributed by atoms with Crippen molar-refractivity contribution in [2.75, 3.05) is 13.6 Å². The first-order valence-corrected chi connectivity index (χ1v) is 4.32. The van der Waals surface area contributed by atoms with Crippen LogP contribution in [0.3, 0.4) is 0 Å². The van der Waals surface area contributed by atoms with E-state index in [4.69, 9.17) is 0 Å². The van der Waals surface area contributed by atoms with Gasteiger partial charge in [0, 0.05) is 64.3 Å². The molecule has 2 unspecified atom stereocenters. The number of aliphatic imine (C=N–C) groups is 1. The third-order valence-electron chi connectivity index (χ3n) is 1.45. The number of hydrogen-bond acceptors (Lipinski definition) is 2. The van der Waals surface area contributed by atoms with Gasteiger partial charge in [-0.3, -0.25) is 4.99 Å². The van der Waals surface area contributed by atoms with Crippen LogP contribution in [0.1, 0.15) is 6.92 Å². The molecule has 0 N–H and O–H groups in total. The zero-order valence-electron chi connectivity index (χ0n) is 6.61. The molecule has 0 saturated carbocycles. The second-order valence-corrected chi connectivity index (χ2v) is 3.83. The fourth-order valence-electron chi connectivity index (χ4n) is 0.913. The van der Waals surface area contributed by atoms with Crippen LogP contribution in [0.5, 0.6) is 0 Å². The largest absolute Gasteiger partial charge is 0.366 e. The Labute approximate surface area is 113 Å². The Bertz CT molecular complexity index is 132. The first kappa shape index (κ1) is 15.2. The molecule has 2 nitrogen and oxygen atoms in total. The van der Waals surface area contributed by atoms with E-state index in [0.29, 0.717) is 9.97 Å². The summed E-state index contributed by atoms with van der Waals surface area (Å²) in [6.45, 7) is 3.36. The third kappa shape index (κ3) is 5.08. The second kappa shape index (κ2) is 7.12. The zero-order valence-corrected chi connectivity index (χ0v) is 15.2. The minimum atomic E-state index is 0. The average Bonchev–Trinajstić information content (AvgIpc) is 1.80. The summed E-state index contributed by atoms with van der Waals surface area (Å²) in [5.74, 6) is 0.695. The van der Waals surface area contributed by atoms with Crippen molar-refractivity contribution in [2.45, 2.75) is 11.0 Å². The Kier molecular flexibility index (Phi) is 9.82. The van der Waals surface area contributed by atoms with Gasteiger partial charge in [0.2, 0.25) is 0 Å². The van der Waals surface area contributed by atoms with Gasteiger partial charge in [-0.1, -0.05) is 29.5 Å². The van der Waals surface area contributed by atoms with E-state index in [1.54, 1.807) is 0 Å². The molecule has 62 valence electrons. The zero-order chi connectivity index (χ0) is 6.85. The van der Waals surface area contributed by atoms with Crippen LogP contribution in [0, 0.1) is 5.92 Å². The average molecular weight is 600 g/mol. The summed E-state index contributed by atoms with van der Waals surface area (Å²) in [5.41, 5.74) is 0. The van der Waals surface area contributed by atoms with Crippen molar-refractivity contribution in [3.63, 3.8) is 0 Å². The predicted octanol–water partition coefficient (Wildman–Crippen LogP) is 1.35. The van der Waals surface area contributed by atoms with Gasteiger partial charge in [0.1, 0.15) is 4.05 Å². The molecule has 0 aromatic rings. The molecular formula is C6H11IN2Ta2. The van der Waals surface area contributed by atoms with Gasteiger partial charge < -0.3 is 4.90 Å². The van der Waals surface area contributed by atoms with E-state index >= 15 is 0 Å². The third-order valence-corrected chi connectivity index (χ3v) is 3.00. The summed E-state index contributed by atoms with van der Waals surface area (Å²) in [6.07, 6.45) is 1.91. The van der Waals surface area contributed by atoms with Crippen LogP contribution in [0.15, 0.2) is 4.99 Å². The molecule has 2 atom stereocenters. The van der Waals surface area contributed by atoms with Gasteiger partial charge in [-0.05, 0) is 0 Å². The van der Waals surface area contributed by atoms with E-state index < -0.39 is 0 Å². The van der Waals surface area contributed by atoms with E-state index in [2.05, 4.69) is 46.5 Å². The SMILES string of the molecule is CC1CN(C)C=NC1I.[Ta].[Ta]. The van der Waals surface area contributed by atoms with Gasteiger partial charge >= 0.3 is 0 Å². The first-order valence-electron chi connectivity index (χ1n) is 3.08. The van der Waals surface area contributed by atoms with Crippen molar-refractivity contribution in [3.8, 4) is 0 Å². The number of alkyl halides is 1. The Morgan fingerprint density at radius 2 is 2.09 bits per heavy atom. The van der Waals surface area contributed by atoms with Crippen LogP contribution in [-0.2, 0) is 44.8 Å². The predicted molar refractivity (Wildman–Crippen MR) is 48.1 cm³/mol. The van der Waals surface area contributed by atoms with Crippen molar-refractivity contribution >= 4 is 28.9 Å². The number of hydrogen-bond donors (Lipinski definition) is 0. The number of nitrogens with zero attached hydrogens (tertiary/aromatic N) is 2. The molecule has 5 heteroatoms. The van der Waals surface area contributed by atoms with Gasteiger partial charge in [-0.15, -0.1) is 0 Å². The van der Waals surface area contributed by atoms with Gasteiger partial charge in [0.05, 0.1) is 6.34 Å². The molecule has 1 aliphatic heterocycles. The standard InChI is InChI=1S/C6H11IN2.2Ta/c1-5-3-9(2)4-8-6(5)7;;/h4-6H,3H2,1-2H3;;. The Hall–Kier alpha value is 1.68.